The molecule has 1 aliphatic heterocycles. The van der Waals surface area contributed by atoms with Gasteiger partial charge in [0.15, 0.2) is 0 Å². The van der Waals surface area contributed by atoms with Crippen molar-refractivity contribution < 1.29 is 0 Å². The molecular formula is C14H25N3. The van der Waals surface area contributed by atoms with Crippen molar-refractivity contribution in [2.45, 2.75) is 26.2 Å². The Morgan fingerprint density at radius 1 is 1.47 bits per heavy atom. The highest BCUT2D eigenvalue weighted by Crippen LogP contribution is 2.39. The normalized spacial score (nSPS) is 23.6. The molecule has 1 atom stereocenters. The van der Waals surface area contributed by atoms with Crippen LogP contribution >= 0.6 is 0 Å². The van der Waals surface area contributed by atoms with Gasteiger partial charge in [0.05, 0.1) is 0 Å². The molecule has 1 aliphatic carbocycles. The van der Waals surface area contributed by atoms with Crippen molar-refractivity contribution in [3.05, 3.63) is 24.0 Å². The van der Waals surface area contributed by atoms with Gasteiger partial charge in [-0.1, -0.05) is 19.1 Å². The van der Waals surface area contributed by atoms with Crippen LogP contribution in [0.25, 0.3) is 0 Å². The highest BCUT2D eigenvalue weighted by molar-refractivity contribution is 5.15. The van der Waals surface area contributed by atoms with Gasteiger partial charge in [0, 0.05) is 31.9 Å². The highest BCUT2D eigenvalue weighted by Gasteiger charge is 2.27. The third-order valence-electron chi connectivity index (χ3n) is 3.95. The Hall–Kier alpha value is -0.960. The second kappa shape index (κ2) is 5.58. The van der Waals surface area contributed by atoms with Gasteiger partial charge in [-0.15, -0.1) is 0 Å². The minimum Gasteiger partial charge on any atom is -0.405 e. The number of rotatable bonds is 5. The molecule has 0 radical (unpaired) electrons. The Labute approximate surface area is 105 Å². The van der Waals surface area contributed by atoms with Crippen LogP contribution in [0.5, 0.6) is 0 Å². The van der Waals surface area contributed by atoms with Crippen LogP contribution in [0.4, 0.5) is 0 Å². The van der Waals surface area contributed by atoms with E-state index in [0.29, 0.717) is 5.92 Å². The van der Waals surface area contributed by atoms with Crippen molar-refractivity contribution in [2.24, 2.45) is 17.6 Å². The summed E-state index contributed by atoms with van der Waals surface area (Å²) in [6, 6.07) is 0. The van der Waals surface area contributed by atoms with E-state index >= 15 is 0 Å². The summed E-state index contributed by atoms with van der Waals surface area (Å²) in [5.74, 6) is 1.29. The number of nitrogens with two attached hydrogens (primary N) is 1. The molecule has 3 heteroatoms. The molecule has 2 rings (SSSR count). The molecular weight excluding hydrogens is 210 g/mol. The number of piperazine rings is 1. The topological polar surface area (TPSA) is 41.3 Å². The van der Waals surface area contributed by atoms with Crippen molar-refractivity contribution in [3.63, 3.8) is 0 Å². The van der Waals surface area contributed by atoms with E-state index in [9.17, 15) is 0 Å². The second-order valence-electron chi connectivity index (χ2n) is 5.35. The second-order valence-corrected chi connectivity index (χ2v) is 5.35. The third-order valence-corrected chi connectivity index (χ3v) is 3.95. The number of hydrogen-bond acceptors (Lipinski definition) is 3. The van der Waals surface area contributed by atoms with E-state index in [1.54, 1.807) is 0 Å². The van der Waals surface area contributed by atoms with Crippen LogP contribution in [0, 0.1) is 11.8 Å². The number of nitrogens with zero attached hydrogens (tertiary/aromatic N) is 1. The fourth-order valence-electron chi connectivity index (χ4n) is 2.56. The van der Waals surface area contributed by atoms with Gasteiger partial charge < -0.3 is 16.0 Å². The maximum Gasteiger partial charge on any atom is 0.0300 e. The average Bonchev–Trinajstić information content (AvgIpc) is 3.20. The molecule has 0 aromatic carbocycles. The van der Waals surface area contributed by atoms with E-state index in [1.807, 2.05) is 6.20 Å². The summed E-state index contributed by atoms with van der Waals surface area (Å²) >= 11 is 0. The van der Waals surface area contributed by atoms with Gasteiger partial charge in [-0.2, -0.15) is 0 Å². The Balaban J connectivity index is 1.85. The Bertz CT molecular complexity index is 299. The van der Waals surface area contributed by atoms with E-state index in [4.69, 9.17) is 5.73 Å². The van der Waals surface area contributed by atoms with Crippen molar-refractivity contribution in [2.75, 3.05) is 26.2 Å². The number of nitrogens with one attached hydrogen (secondary N) is 1. The molecule has 0 aromatic heterocycles. The van der Waals surface area contributed by atoms with Crippen molar-refractivity contribution in [1.82, 2.24) is 10.2 Å². The van der Waals surface area contributed by atoms with Gasteiger partial charge in [0.2, 0.25) is 0 Å². The van der Waals surface area contributed by atoms with Crippen LogP contribution in [0.1, 0.15) is 26.2 Å². The van der Waals surface area contributed by atoms with Crippen LogP contribution < -0.4 is 11.1 Å². The van der Waals surface area contributed by atoms with Crippen molar-refractivity contribution in [1.29, 1.82) is 0 Å². The lowest BCUT2D eigenvalue weighted by Gasteiger charge is -2.34. The van der Waals surface area contributed by atoms with Crippen LogP contribution in [-0.4, -0.2) is 31.1 Å². The first-order chi connectivity index (χ1) is 8.22. The van der Waals surface area contributed by atoms with Crippen LogP contribution in [-0.2, 0) is 0 Å². The maximum absolute atomic E-state index is 5.73. The molecule has 17 heavy (non-hydrogen) atoms. The molecule has 0 aromatic rings. The minimum absolute atomic E-state index is 0.517. The summed E-state index contributed by atoms with van der Waals surface area (Å²) in [4.78, 5) is 2.42. The predicted octanol–water partition coefficient (Wildman–Crippen LogP) is 1.68. The van der Waals surface area contributed by atoms with Gasteiger partial charge in [-0.25, -0.2) is 0 Å². The zero-order valence-electron chi connectivity index (χ0n) is 10.9. The molecule has 3 nitrogen and oxygen atoms in total. The SMILES string of the molecule is C=C(C(C)C/C(=C\N)C1CC1)N1CCNCC1. The minimum atomic E-state index is 0.517. The van der Waals surface area contributed by atoms with E-state index in [0.717, 1.165) is 38.5 Å². The van der Waals surface area contributed by atoms with Gasteiger partial charge in [0.25, 0.3) is 0 Å². The zero-order valence-corrected chi connectivity index (χ0v) is 10.9. The quantitative estimate of drug-likeness (QED) is 0.762. The standard InChI is InChI=1S/C14H25N3/c1-11(9-14(10-15)13-3-4-13)12(2)17-7-5-16-6-8-17/h10-11,13,16H,2-9,15H2,1H3/b14-10+. The maximum atomic E-state index is 5.73. The van der Waals surface area contributed by atoms with E-state index in [-0.39, 0.29) is 0 Å². The van der Waals surface area contributed by atoms with Crippen LogP contribution in [0.2, 0.25) is 0 Å². The molecule has 0 spiro atoms. The number of allylic oxidation sites excluding steroid dienone is 2. The summed E-state index contributed by atoms with van der Waals surface area (Å²) in [6.45, 7) is 10.9. The molecule has 1 unspecified atom stereocenters. The lowest BCUT2D eigenvalue weighted by atomic mass is 9.95. The highest BCUT2D eigenvalue weighted by atomic mass is 15.2. The fraction of sp³-hybridized carbons (Fsp3) is 0.714. The Kier molecular flexibility index (Phi) is 4.11. The lowest BCUT2D eigenvalue weighted by molar-refractivity contribution is 0.271. The predicted molar refractivity (Wildman–Crippen MR) is 72.4 cm³/mol. The lowest BCUT2D eigenvalue weighted by Crippen LogP contribution is -2.43. The monoisotopic (exact) mass is 235 g/mol. The summed E-state index contributed by atoms with van der Waals surface area (Å²) < 4.78 is 0. The smallest absolute Gasteiger partial charge is 0.0300 e. The van der Waals surface area contributed by atoms with Gasteiger partial charge in [-0.05, 0) is 37.3 Å². The summed E-state index contributed by atoms with van der Waals surface area (Å²) in [5, 5.41) is 3.37. The number of hydrogen-bond donors (Lipinski definition) is 2. The van der Waals surface area contributed by atoms with E-state index in [2.05, 4.69) is 23.7 Å². The first kappa shape index (κ1) is 12.5. The molecule has 3 N–H and O–H groups in total. The average molecular weight is 235 g/mol. The Morgan fingerprint density at radius 3 is 2.65 bits per heavy atom. The summed E-state index contributed by atoms with van der Waals surface area (Å²) in [6.07, 6.45) is 5.58. The Morgan fingerprint density at radius 2 is 2.12 bits per heavy atom. The van der Waals surface area contributed by atoms with Crippen molar-refractivity contribution in [3.8, 4) is 0 Å². The van der Waals surface area contributed by atoms with Crippen LogP contribution in [0.3, 0.4) is 0 Å². The summed E-state index contributed by atoms with van der Waals surface area (Å²) in [5.41, 5.74) is 8.45. The molecule has 1 heterocycles. The van der Waals surface area contributed by atoms with E-state index in [1.165, 1.54) is 24.1 Å². The largest absolute Gasteiger partial charge is 0.405 e. The third kappa shape index (κ3) is 3.25. The zero-order chi connectivity index (χ0) is 12.3. The molecule has 0 bridgehead atoms. The summed E-state index contributed by atoms with van der Waals surface area (Å²) in [7, 11) is 0. The van der Waals surface area contributed by atoms with Gasteiger partial charge in [-0.3, -0.25) is 0 Å². The van der Waals surface area contributed by atoms with Crippen LogP contribution in [0.15, 0.2) is 24.0 Å². The molecule has 1 saturated carbocycles. The molecule has 0 amide bonds. The van der Waals surface area contributed by atoms with Gasteiger partial charge >= 0.3 is 0 Å². The molecule has 2 aliphatic rings. The molecule has 2 fully saturated rings. The first-order valence-electron chi connectivity index (χ1n) is 6.77. The van der Waals surface area contributed by atoms with E-state index < -0.39 is 0 Å². The van der Waals surface area contributed by atoms with Gasteiger partial charge in [0.1, 0.15) is 0 Å². The first-order valence-corrected chi connectivity index (χ1v) is 6.77. The molecule has 1 saturated heterocycles. The van der Waals surface area contributed by atoms with Crippen molar-refractivity contribution >= 4 is 0 Å². The fourth-order valence-corrected chi connectivity index (χ4v) is 2.56. The molecule has 96 valence electrons.